The Morgan fingerprint density at radius 1 is 1.24 bits per heavy atom. The second-order valence-electron chi connectivity index (χ2n) is 5.82. The lowest BCUT2D eigenvalue weighted by Crippen LogP contribution is -2.29. The minimum Gasteiger partial charge on any atom is -0.465 e. The van der Waals surface area contributed by atoms with E-state index in [1.165, 1.54) is 0 Å². The molecule has 25 heavy (non-hydrogen) atoms. The molecule has 3 N–H and O–H groups in total. The molecule has 0 saturated heterocycles. The molecule has 9 nitrogen and oxygen atoms in total. The molecule has 2 aliphatic rings. The van der Waals surface area contributed by atoms with E-state index in [4.69, 9.17) is 5.11 Å². The number of benzene rings is 1. The fourth-order valence-electron chi connectivity index (χ4n) is 2.71. The number of fused-ring (bicyclic) bond motifs is 2. The van der Waals surface area contributed by atoms with Gasteiger partial charge in [0.15, 0.2) is 11.5 Å². The first-order valence-corrected chi connectivity index (χ1v) is 7.75. The molecule has 130 valence electrons. The van der Waals surface area contributed by atoms with Crippen LogP contribution < -0.4 is 16.6 Å². The van der Waals surface area contributed by atoms with Crippen molar-refractivity contribution in [2.24, 2.45) is 0 Å². The Morgan fingerprint density at radius 2 is 1.96 bits per heavy atom. The monoisotopic (exact) mass is 343 g/mol. The van der Waals surface area contributed by atoms with E-state index in [0.29, 0.717) is 18.5 Å². The van der Waals surface area contributed by atoms with Crippen molar-refractivity contribution < 1.29 is 9.90 Å². The lowest BCUT2D eigenvalue weighted by molar-refractivity contribution is 0.194. The average molecular weight is 343 g/mol. The van der Waals surface area contributed by atoms with Gasteiger partial charge in [-0.25, -0.2) is 14.6 Å². The number of amides is 1. The zero-order valence-corrected chi connectivity index (χ0v) is 13.8. The van der Waals surface area contributed by atoms with E-state index in [0.717, 1.165) is 16.6 Å². The first-order chi connectivity index (χ1) is 11.9. The van der Waals surface area contributed by atoms with Crippen LogP contribution in [0.15, 0.2) is 21.7 Å². The Labute approximate surface area is 141 Å². The van der Waals surface area contributed by atoms with Gasteiger partial charge in [-0.1, -0.05) is 0 Å². The number of aromatic nitrogens is 4. The molecule has 1 aromatic carbocycles. The molecule has 0 spiro atoms. The third kappa shape index (κ3) is 3.21. The Bertz CT molecular complexity index is 1050. The van der Waals surface area contributed by atoms with E-state index in [2.05, 4.69) is 20.3 Å². The van der Waals surface area contributed by atoms with Crippen molar-refractivity contribution in [2.75, 3.05) is 6.54 Å². The number of H-pyrrole nitrogens is 1. The molecule has 2 heterocycles. The van der Waals surface area contributed by atoms with Crippen molar-refractivity contribution in [3.05, 3.63) is 44.1 Å². The number of carbonyl (C=O) groups is 1. The minimum atomic E-state index is -1.10. The Hall–Kier alpha value is -3.23. The molecule has 0 radical (unpaired) electrons. The van der Waals surface area contributed by atoms with Crippen LogP contribution in [0.25, 0.3) is 22.6 Å². The minimum absolute atomic E-state index is 0.0848. The molecule has 0 saturated carbocycles. The predicted molar refractivity (Wildman–Crippen MR) is 91.2 cm³/mol. The molecular weight excluding hydrogens is 326 g/mol. The van der Waals surface area contributed by atoms with Crippen LogP contribution in [0.4, 0.5) is 4.79 Å². The lowest BCUT2D eigenvalue weighted by atomic mass is 10.1. The van der Waals surface area contributed by atoms with Gasteiger partial charge in [0.1, 0.15) is 0 Å². The molecule has 0 unspecified atom stereocenters. The van der Waals surface area contributed by atoms with E-state index in [9.17, 15) is 14.4 Å². The fraction of sp³-hybridized carbons (Fsp3) is 0.312. The van der Waals surface area contributed by atoms with Crippen molar-refractivity contribution in [2.45, 2.75) is 26.8 Å². The number of aryl methyl sites for hydroxylation is 3. The van der Waals surface area contributed by atoms with Gasteiger partial charge in [-0.05, 0) is 43.5 Å². The summed E-state index contributed by atoms with van der Waals surface area (Å²) < 4.78 is 1.74. The van der Waals surface area contributed by atoms with Gasteiger partial charge in [-0.3, -0.25) is 9.78 Å². The number of hydrogen-bond donors (Lipinski definition) is 3. The van der Waals surface area contributed by atoms with Gasteiger partial charge in [0, 0.05) is 13.1 Å². The summed E-state index contributed by atoms with van der Waals surface area (Å²) in [5, 5.41) is 11.0. The molecule has 2 aliphatic heterocycles. The largest absolute Gasteiger partial charge is 0.465 e. The summed E-state index contributed by atoms with van der Waals surface area (Å²) in [6.07, 6.45) is -0.627. The van der Waals surface area contributed by atoms with Crippen LogP contribution in [0.3, 0.4) is 0 Å². The Morgan fingerprint density at radius 3 is 2.68 bits per heavy atom. The summed E-state index contributed by atoms with van der Waals surface area (Å²) in [7, 11) is 0. The summed E-state index contributed by atoms with van der Waals surface area (Å²) in [5.41, 5.74) is 2.19. The lowest BCUT2D eigenvalue weighted by Gasteiger charge is -2.17. The maximum Gasteiger partial charge on any atom is 0.404 e. The summed E-state index contributed by atoms with van der Waals surface area (Å²) in [5.74, 6) is 0.194. The highest BCUT2D eigenvalue weighted by Gasteiger charge is 2.19. The van der Waals surface area contributed by atoms with Crippen LogP contribution in [-0.4, -0.2) is 37.3 Å². The van der Waals surface area contributed by atoms with E-state index >= 15 is 0 Å². The third-order valence-corrected chi connectivity index (χ3v) is 4.06. The Kier molecular flexibility index (Phi) is 4.22. The van der Waals surface area contributed by atoms with Crippen molar-refractivity contribution in [3.8, 4) is 11.5 Å². The van der Waals surface area contributed by atoms with Gasteiger partial charge >= 0.3 is 11.8 Å². The van der Waals surface area contributed by atoms with Crippen LogP contribution in [0.2, 0.25) is 0 Å². The zero-order chi connectivity index (χ0) is 18.1. The Balaban J connectivity index is 2.20. The van der Waals surface area contributed by atoms with Gasteiger partial charge in [-0.2, -0.15) is 4.98 Å². The van der Waals surface area contributed by atoms with E-state index in [1.54, 1.807) is 4.57 Å². The SMILES string of the molecule is Cc1cc2nc3c(=O)[nH]c(=O)nc-3n(CCCNC(=O)O)c2cc1C. The van der Waals surface area contributed by atoms with Crippen LogP contribution >= 0.6 is 0 Å². The summed E-state index contributed by atoms with van der Waals surface area (Å²) in [6.45, 7) is 4.53. The number of hydrogen-bond acceptors (Lipinski definition) is 5. The van der Waals surface area contributed by atoms with E-state index in [1.807, 2.05) is 26.0 Å². The number of nitrogens with one attached hydrogen (secondary N) is 2. The quantitative estimate of drug-likeness (QED) is 0.476. The normalized spacial score (nSPS) is 11.1. The highest BCUT2D eigenvalue weighted by molar-refractivity contribution is 5.81. The number of carboxylic acid groups (broad SMARTS) is 1. The molecular formula is C16H17N5O4. The average Bonchev–Trinajstić information content (AvgIpc) is 2.53. The molecule has 0 fully saturated rings. The van der Waals surface area contributed by atoms with Crippen LogP contribution in [-0.2, 0) is 6.54 Å². The van der Waals surface area contributed by atoms with Crippen LogP contribution in [0, 0.1) is 13.8 Å². The molecule has 0 atom stereocenters. The highest BCUT2D eigenvalue weighted by Crippen LogP contribution is 2.23. The van der Waals surface area contributed by atoms with Crippen LogP contribution in [0.5, 0.6) is 0 Å². The molecule has 9 heteroatoms. The first-order valence-electron chi connectivity index (χ1n) is 7.75. The topological polar surface area (TPSA) is 130 Å². The second kappa shape index (κ2) is 6.34. The van der Waals surface area contributed by atoms with Crippen LogP contribution in [0.1, 0.15) is 17.5 Å². The number of rotatable bonds is 4. The van der Waals surface area contributed by atoms with Crippen molar-refractivity contribution in [1.82, 2.24) is 24.8 Å². The molecule has 0 aliphatic carbocycles. The summed E-state index contributed by atoms with van der Waals surface area (Å²) >= 11 is 0. The zero-order valence-electron chi connectivity index (χ0n) is 13.8. The molecule has 0 bridgehead atoms. The second-order valence-corrected chi connectivity index (χ2v) is 5.82. The summed E-state index contributed by atoms with van der Waals surface area (Å²) in [4.78, 5) is 44.7. The maximum absolute atomic E-state index is 12.1. The van der Waals surface area contributed by atoms with Gasteiger partial charge in [-0.15, -0.1) is 0 Å². The van der Waals surface area contributed by atoms with Crippen molar-refractivity contribution >= 4 is 17.1 Å². The first kappa shape index (κ1) is 16.6. The third-order valence-electron chi connectivity index (χ3n) is 4.06. The van der Waals surface area contributed by atoms with Gasteiger partial charge in [0.05, 0.1) is 11.0 Å². The predicted octanol–water partition coefficient (Wildman–Crippen LogP) is 0.859. The number of nitrogens with zero attached hydrogens (tertiary/aromatic N) is 3. The maximum atomic E-state index is 12.1. The van der Waals surface area contributed by atoms with Crippen molar-refractivity contribution in [1.29, 1.82) is 0 Å². The summed E-state index contributed by atoms with van der Waals surface area (Å²) in [6, 6.07) is 3.80. The van der Waals surface area contributed by atoms with Gasteiger partial charge in [0.25, 0.3) is 5.56 Å². The smallest absolute Gasteiger partial charge is 0.404 e. The van der Waals surface area contributed by atoms with E-state index < -0.39 is 17.3 Å². The molecule has 0 aromatic heterocycles. The van der Waals surface area contributed by atoms with E-state index in [-0.39, 0.29) is 18.1 Å². The standard InChI is InChI=1S/C16H17N5O4/c1-8-6-10-11(7-9(8)2)21(5-3-4-17-16(24)25)13-12(18-10)14(22)20-15(23)19-13/h6-7,17H,3-5H2,1-2H3,(H,24,25)(H,20,22,23). The van der Waals surface area contributed by atoms with Gasteiger partial charge < -0.3 is 15.0 Å². The fourth-order valence-corrected chi connectivity index (χ4v) is 2.71. The highest BCUT2D eigenvalue weighted by atomic mass is 16.4. The number of aromatic amines is 1. The van der Waals surface area contributed by atoms with Crippen molar-refractivity contribution in [3.63, 3.8) is 0 Å². The molecule has 1 amide bonds. The molecule has 1 aromatic rings. The van der Waals surface area contributed by atoms with Gasteiger partial charge in [0.2, 0.25) is 0 Å². The molecule has 3 rings (SSSR count).